The van der Waals surface area contributed by atoms with E-state index in [2.05, 4.69) is 20.8 Å². The van der Waals surface area contributed by atoms with Gasteiger partial charge in [-0.05, 0) is 25.7 Å². The van der Waals surface area contributed by atoms with E-state index in [1.807, 2.05) is 6.08 Å². The molecule has 97 heavy (non-hydrogen) atoms. The van der Waals surface area contributed by atoms with Gasteiger partial charge in [-0.15, -0.1) is 0 Å². The Morgan fingerprint density at radius 3 is 1.20 bits per heavy atom. The molecule has 3 aliphatic rings. The first-order chi connectivity index (χ1) is 46.8. The van der Waals surface area contributed by atoms with Gasteiger partial charge in [0.15, 0.2) is 18.7 Å². The van der Waals surface area contributed by atoms with E-state index in [0.717, 1.165) is 96.0 Å². The van der Waals surface area contributed by atoms with E-state index in [1.54, 1.807) is 6.08 Å². The zero-order valence-electron chi connectivity index (χ0n) is 59.1. The molecule has 0 bridgehead atoms. The van der Waals surface area contributed by atoms with Crippen LogP contribution in [0.3, 0.4) is 0 Å². The second-order valence-electron chi connectivity index (χ2n) is 27.1. The monoisotopic (exact) mass is 1410 g/mol. The van der Waals surface area contributed by atoms with Crippen molar-refractivity contribution in [2.24, 2.45) is 0 Å². The Morgan fingerprint density at radius 2 is 0.784 bits per heavy atom. The van der Waals surface area contributed by atoms with Crippen LogP contribution in [0.4, 0.5) is 0 Å². The predicted molar refractivity (Wildman–Crippen MR) is 365 cm³/mol. The van der Waals surface area contributed by atoms with Gasteiger partial charge in [-0.1, -0.05) is 264 Å². The molecule has 18 unspecified atom stereocenters. The van der Waals surface area contributed by atoms with E-state index in [9.17, 15) is 74.9 Å². The second-order valence-corrected chi connectivity index (χ2v) is 28.5. The topological polar surface area (TPSA) is 374 Å². The summed E-state index contributed by atoms with van der Waals surface area (Å²) in [7, 11) is -5.72. The third-order valence-corrected chi connectivity index (χ3v) is 19.6. The number of ether oxygens (including phenoxy) is 7. The maximum atomic E-state index is 14.3. The zero-order chi connectivity index (χ0) is 71.1. The molecule has 0 aromatic heterocycles. The molecule has 2 heterocycles. The van der Waals surface area contributed by atoms with E-state index >= 15 is 0 Å². The number of esters is 3. The standard InChI is InChI=1S/C72H131O24P/c1-4-7-10-13-16-19-22-25-27-29-32-35-37-40-43-46-56(74)88-50-53(91-58(76)48-45-42-39-36-33-30-28-26-23-20-17-14-11-8-5-2)51-90-97(86,87)96-70-68(94-71-66(84)61(79)59(77)54(49-73)92-71)64(82)63(81)65(83)69(70)95-72-67(85)62(80)60(78)55(93-72)52-89-57(75)47-44-41-38-34-31-24-21-18-15-12-9-6-3/h39,42,45,48,53-55,59-73,77-85H,4-38,40-41,43-44,46-47,49-52H2,1-3H3,(H,86,87)/b42-39+,48-45+. The van der Waals surface area contributed by atoms with Crippen molar-refractivity contribution in [3.05, 3.63) is 24.3 Å². The summed E-state index contributed by atoms with van der Waals surface area (Å²) in [6.07, 6.45) is 14.6. The Labute approximate surface area is 579 Å². The third-order valence-electron chi connectivity index (χ3n) is 18.6. The van der Waals surface area contributed by atoms with Gasteiger partial charge in [-0.25, -0.2) is 9.36 Å². The van der Waals surface area contributed by atoms with E-state index in [4.69, 9.17) is 42.2 Å². The molecule has 0 aromatic carbocycles. The van der Waals surface area contributed by atoms with Crippen molar-refractivity contribution in [2.75, 3.05) is 26.4 Å². The van der Waals surface area contributed by atoms with Gasteiger partial charge in [0.2, 0.25) is 0 Å². The number of allylic oxidation sites excluding steroid dienone is 3. The van der Waals surface area contributed by atoms with Crippen LogP contribution < -0.4 is 0 Å². The molecule has 3 rings (SSSR count). The Morgan fingerprint density at radius 1 is 0.423 bits per heavy atom. The highest BCUT2D eigenvalue weighted by Gasteiger charge is 2.58. The van der Waals surface area contributed by atoms with Crippen molar-refractivity contribution >= 4 is 25.7 Å². The highest BCUT2D eigenvalue weighted by atomic mass is 31.2. The molecule has 2 aliphatic heterocycles. The first kappa shape index (κ1) is 88.7. The maximum absolute atomic E-state index is 14.3. The first-order valence-electron chi connectivity index (χ1n) is 37.7. The van der Waals surface area contributed by atoms with Gasteiger partial charge < -0.3 is 89.1 Å². The van der Waals surface area contributed by atoms with E-state index in [0.29, 0.717) is 12.8 Å². The number of rotatable bonds is 58. The maximum Gasteiger partial charge on any atom is 0.472 e. The molecular formula is C72H131O24P. The van der Waals surface area contributed by atoms with Crippen LogP contribution in [0.5, 0.6) is 0 Å². The number of carbonyl (C=O) groups is 3. The average molecular weight is 1410 g/mol. The number of unbranched alkanes of at least 4 members (excludes halogenated alkanes) is 36. The smallest absolute Gasteiger partial charge is 0.463 e. The molecule has 11 N–H and O–H groups in total. The minimum Gasteiger partial charge on any atom is -0.463 e. The molecule has 1 saturated carbocycles. The predicted octanol–water partition coefficient (Wildman–Crippen LogP) is 10.1. The molecule has 3 fully saturated rings. The molecule has 0 spiro atoms. The number of hydrogen-bond acceptors (Lipinski definition) is 23. The minimum atomic E-state index is -5.72. The van der Waals surface area contributed by atoms with Crippen LogP contribution in [0.2, 0.25) is 0 Å². The van der Waals surface area contributed by atoms with Crippen LogP contribution in [0.25, 0.3) is 0 Å². The van der Waals surface area contributed by atoms with Gasteiger partial charge in [-0.2, -0.15) is 0 Å². The number of hydrogen-bond donors (Lipinski definition) is 11. The third kappa shape index (κ3) is 37.4. The minimum absolute atomic E-state index is 0.0279. The van der Waals surface area contributed by atoms with Crippen LogP contribution in [-0.4, -0.2) is 204 Å². The van der Waals surface area contributed by atoms with Crippen molar-refractivity contribution in [3.8, 4) is 0 Å². The first-order valence-corrected chi connectivity index (χ1v) is 39.2. The van der Waals surface area contributed by atoms with Crippen LogP contribution in [0.1, 0.15) is 284 Å². The molecular weight excluding hydrogens is 1280 g/mol. The van der Waals surface area contributed by atoms with Crippen molar-refractivity contribution in [2.45, 2.75) is 388 Å². The average Bonchev–Trinajstić information content (AvgIpc) is 0.764. The largest absolute Gasteiger partial charge is 0.472 e. The lowest BCUT2D eigenvalue weighted by Crippen LogP contribution is -2.69. The fourth-order valence-corrected chi connectivity index (χ4v) is 13.4. The Bertz CT molecular complexity index is 2110. The quantitative estimate of drug-likeness (QED) is 0.00673. The summed E-state index contributed by atoms with van der Waals surface area (Å²) < 4.78 is 64.8. The second kappa shape index (κ2) is 54.1. The molecule has 24 nitrogen and oxygen atoms in total. The summed E-state index contributed by atoms with van der Waals surface area (Å²) in [4.78, 5) is 50.8. The van der Waals surface area contributed by atoms with E-state index < -0.39 is 156 Å². The van der Waals surface area contributed by atoms with Crippen LogP contribution in [-0.2, 0) is 61.2 Å². The fourth-order valence-electron chi connectivity index (χ4n) is 12.4. The molecule has 25 heteroatoms. The Balaban J connectivity index is 1.76. The fraction of sp³-hybridized carbons (Fsp3) is 0.903. The van der Waals surface area contributed by atoms with Gasteiger partial charge in [0.25, 0.3) is 0 Å². The summed E-state index contributed by atoms with van der Waals surface area (Å²) >= 11 is 0. The molecule has 0 aromatic rings. The lowest BCUT2D eigenvalue weighted by atomic mass is 9.84. The molecule has 1 aliphatic carbocycles. The lowest BCUT2D eigenvalue weighted by Gasteiger charge is -2.49. The number of phosphoric acid groups is 1. The van der Waals surface area contributed by atoms with Crippen molar-refractivity contribution in [1.29, 1.82) is 0 Å². The van der Waals surface area contributed by atoms with Crippen LogP contribution >= 0.6 is 7.82 Å². The molecule has 18 atom stereocenters. The summed E-state index contributed by atoms with van der Waals surface area (Å²) in [5, 5.41) is 110. The highest BCUT2D eigenvalue weighted by molar-refractivity contribution is 7.47. The summed E-state index contributed by atoms with van der Waals surface area (Å²) in [6, 6.07) is 0. The van der Waals surface area contributed by atoms with Gasteiger partial charge in [0.05, 0.1) is 13.2 Å². The van der Waals surface area contributed by atoms with Gasteiger partial charge in [0.1, 0.15) is 98.7 Å². The highest BCUT2D eigenvalue weighted by Crippen LogP contribution is 2.49. The molecule has 0 amide bonds. The number of aliphatic hydroxyl groups excluding tert-OH is 10. The molecule has 2 saturated heterocycles. The number of carbonyl (C=O) groups excluding carboxylic acids is 3. The Hall–Kier alpha value is -2.56. The van der Waals surface area contributed by atoms with Gasteiger partial charge in [0, 0.05) is 18.9 Å². The summed E-state index contributed by atoms with van der Waals surface area (Å²) in [5.41, 5.74) is 0. The van der Waals surface area contributed by atoms with Crippen LogP contribution in [0.15, 0.2) is 24.3 Å². The molecule has 568 valence electrons. The number of aliphatic hydroxyl groups is 10. The Kier molecular flexibility index (Phi) is 49.5. The summed E-state index contributed by atoms with van der Waals surface area (Å²) in [5.74, 6) is -2.24. The normalized spacial score (nSPS) is 27.9. The van der Waals surface area contributed by atoms with Crippen LogP contribution in [0, 0.1) is 0 Å². The van der Waals surface area contributed by atoms with Crippen molar-refractivity contribution in [1.82, 2.24) is 0 Å². The lowest BCUT2D eigenvalue weighted by molar-refractivity contribution is -0.360. The van der Waals surface area contributed by atoms with Crippen molar-refractivity contribution < 1.29 is 117 Å². The number of phosphoric ester groups is 1. The SMILES string of the molecule is CCCCCCCCCCCCC/C=C/C=C/C(=O)OC(COC(=O)CCCCCCCCCCCCCCCCC)COP(=O)(O)OC1C(OC2OC(CO)C(O)C(O)C2O)C(O)C(O)C(O)C1OC1OC(COC(=O)CCCCCCCCCCCCCC)C(O)C(O)C1O. The molecule has 0 radical (unpaired) electrons. The van der Waals surface area contributed by atoms with Gasteiger partial charge >= 0.3 is 25.7 Å². The van der Waals surface area contributed by atoms with E-state index in [1.165, 1.54) is 154 Å². The van der Waals surface area contributed by atoms with Gasteiger partial charge in [-0.3, -0.25) is 18.6 Å². The zero-order valence-corrected chi connectivity index (χ0v) is 60.0. The van der Waals surface area contributed by atoms with E-state index in [-0.39, 0.29) is 12.8 Å². The van der Waals surface area contributed by atoms with Crippen molar-refractivity contribution in [3.63, 3.8) is 0 Å². The summed E-state index contributed by atoms with van der Waals surface area (Å²) in [6.45, 7) is 3.34.